The molecule has 0 bridgehead atoms. The molecule has 5 heteroatoms. The molecular formula is C42H85NO4. The van der Waals surface area contributed by atoms with Gasteiger partial charge in [0.25, 0.3) is 0 Å². The van der Waals surface area contributed by atoms with E-state index in [9.17, 15) is 20.1 Å². The number of aliphatic hydroxyl groups excluding tert-OH is 3. The van der Waals surface area contributed by atoms with E-state index in [1.54, 1.807) is 0 Å². The molecule has 3 atom stereocenters. The van der Waals surface area contributed by atoms with Crippen LogP contribution < -0.4 is 5.32 Å². The van der Waals surface area contributed by atoms with E-state index in [1.165, 1.54) is 180 Å². The van der Waals surface area contributed by atoms with Crippen LogP contribution in [0.3, 0.4) is 0 Å². The summed E-state index contributed by atoms with van der Waals surface area (Å²) in [5.74, 6) is -0.279. The smallest absolute Gasteiger partial charge is 0.222 e. The SMILES string of the molecule is CCCCCCCCCCCCCCCCCCCCC(O)CC(=O)NC(CO)C(O)CCCCCCCCCCCCCCCC. The van der Waals surface area contributed by atoms with Crippen molar-refractivity contribution in [1.82, 2.24) is 5.32 Å². The highest BCUT2D eigenvalue weighted by molar-refractivity contribution is 5.76. The lowest BCUT2D eigenvalue weighted by Crippen LogP contribution is -2.46. The van der Waals surface area contributed by atoms with Crippen molar-refractivity contribution in [3.8, 4) is 0 Å². The highest BCUT2D eigenvalue weighted by Gasteiger charge is 2.21. The number of hydrogen-bond donors (Lipinski definition) is 4. The average Bonchev–Trinajstić information content (AvgIpc) is 3.06. The van der Waals surface area contributed by atoms with Gasteiger partial charge in [0, 0.05) is 0 Å². The summed E-state index contributed by atoms with van der Waals surface area (Å²) in [7, 11) is 0. The molecule has 282 valence electrons. The molecular weight excluding hydrogens is 582 g/mol. The van der Waals surface area contributed by atoms with Crippen LogP contribution in [0.2, 0.25) is 0 Å². The van der Waals surface area contributed by atoms with Crippen molar-refractivity contribution < 1.29 is 20.1 Å². The maximum absolute atomic E-state index is 12.4. The third-order valence-electron chi connectivity index (χ3n) is 10.2. The number of hydrogen-bond acceptors (Lipinski definition) is 4. The first-order valence-electron chi connectivity index (χ1n) is 21.3. The van der Waals surface area contributed by atoms with Crippen LogP contribution in [-0.4, -0.2) is 46.1 Å². The molecule has 1 amide bonds. The first kappa shape index (κ1) is 46.4. The van der Waals surface area contributed by atoms with Gasteiger partial charge in [-0.1, -0.05) is 219 Å². The number of nitrogens with one attached hydrogen (secondary N) is 1. The lowest BCUT2D eigenvalue weighted by molar-refractivity contribution is -0.125. The molecule has 3 unspecified atom stereocenters. The molecule has 0 heterocycles. The molecule has 4 N–H and O–H groups in total. The van der Waals surface area contributed by atoms with Gasteiger partial charge in [-0.25, -0.2) is 0 Å². The number of aliphatic hydroxyl groups is 3. The van der Waals surface area contributed by atoms with Crippen LogP contribution in [0.4, 0.5) is 0 Å². The van der Waals surface area contributed by atoms with Crippen molar-refractivity contribution >= 4 is 5.91 Å². The molecule has 47 heavy (non-hydrogen) atoms. The highest BCUT2D eigenvalue weighted by Crippen LogP contribution is 2.17. The van der Waals surface area contributed by atoms with E-state index >= 15 is 0 Å². The molecule has 0 radical (unpaired) electrons. The monoisotopic (exact) mass is 668 g/mol. The third-order valence-corrected chi connectivity index (χ3v) is 10.2. The number of amides is 1. The lowest BCUT2D eigenvalue weighted by atomic mass is 10.0. The van der Waals surface area contributed by atoms with Crippen molar-refractivity contribution in [2.24, 2.45) is 0 Å². The van der Waals surface area contributed by atoms with Crippen molar-refractivity contribution in [2.75, 3.05) is 6.61 Å². The van der Waals surface area contributed by atoms with Gasteiger partial charge < -0.3 is 20.6 Å². The summed E-state index contributed by atoms with van der Waals surface area (Å²) < 4.78 is 0. The summed E-state index contributed by atoms with van der Waals surface area (Å²) in [5, 5.41) is 33.3. The minimum absolute atomic E-state index is 0.0427. The highest BCUT2D eigenvalue weighted by atomic mass is 16.3. The van der Waals surface area contributed by atoms with Crippen LogP contribution in [-0.2, 0) is 4.79 Å². The van der Waals surface area contributed by atoms with E-state index in [4.69, 9.17) is 0 Å². The predicted octanol–water partition coefficient (Wildman–Crippen LogP) is 11.9. The van der Waals surface area contributed by atoms with E-state index in [0.717, 1.165) is 25.7 Å². The van der Waals surface area contributed by atoms with Crippen LogP contribution in [0, 0.1) is 0 Å². The molecule has 0 aromatic rings. The molecule has 0 rings (SSSR count). The Hall–Kier alpha value is -0.650. The zero-order valence-electron chi connectivity index (χ0n) is 31.9. The fourth-order valence-corrected chi connectivity index (χ4v) is 6.88. The van der Waals surface area contributed by atoms with Crippen LogP contribution in [0.5, 0.6) is 0 Å². The maximum atomic E-state index is 12.4. The van der Waals surface area contributed by atoms with Crippen LogP contribution >= 0.6 is 0 Å². The number of carbonyl (C=O) groups is 1. The Morgan fingerprint density at radius 1 is 0.447 bits per heavy atom. The molecule has 0 aliphatic heterocycles. The molecule has 0 aliphatic carbocycles. The molecule has 0 spiro atoms. The first-order valence-corrected chi connectivity index (χ1v) is 21.3. The molecule has 5 nitrogen and oxygen atoms in total. The Bertz CT molecular complexity index is 615. The van der Waals surface area contributed by atoms with E-state index in [1.807, 2.05) is 0 Å². The van der Waals surface area contributed by atoms with E-state index in [0.29, 0.717) is 12.8 Å². The van der Waals surface area contributed by atoms with E-state index in [2.05, 4.69) is 19.2 Å². The number of rotatable bonds is 39. The molecule has 0 saturated carbocycles. The first-order chi connectivity index (χ1) is 23.0. The largest absolute Gasteiger partial charge is 0.394 e. The van der Waals surface area contributed by atoms with Gasteiger partial charge in [0.15, 0.2) is 0 Å². The van der Waals surface area contributed by atoms with Gasteiger partial charge in [0.2, 0.25) is 5.91 Å². The molecule has 0 fully saturated rings. The fraction of sp³-hybridized carbons (Fsp3) is 0.976. The molecule has 0 saturated heterocycles. The van der Waals surface area contributed by atoms with Crippen LogP contribution in [0.1, 0.15) is 239 Å². The Morgan fingerprint density at radius 2 is 0.723 bits per heavy atom. The summed E-state index contributed by atoms with van der Waals surface area (Å²) in [6, 6.07) is -0.651. The fourth-order valence-electron chi connectivity index (χ4n) is 6.88. The summed E-state index contributed by atoms with van der Waals surface area (Å²) >= 11 is 0. The standard InChI is InChI=1S/C42H85NO4/c1-3-5-7-9-11-13-15-17-19-20-21-22-23-25-27-29-31-33-35-39(45)37-42(47)43-40(38-44)41(46)36-34-32-30-28-26-24-18-16-14-12-10-8-6-4-2/h39-41,44-46H,3-38H2,1-2H3,(H,43,47). The Morgan fingerprint density at radius 3 is 1.02 bits per heavy atom. The van der Waals surface area contributed by atoms with E-state index in [-0.39, 0.29) is 18.9 Å². The van der Waals surface area contributed by atoms with Gasteiger partial charge >= 0.3 is 0 Å². The second kappa shape index (κ2) is 38.2. The number of unbranched alkanes of at least 4 members (excludes halogenated alkanes) is 30. The second-order valence-corrected chi connectivity index (χ2v) is 15.0. The van der Waals surface area contributed by atoms with Gasteiger partial charge in [-0.3, -0.25) is 4.79 Å². The Labute approximate surface area is 294 Å². The normalized spacial score (nSPS) is 13.6. The van der Waals surface area contributed by atoms with Crippen molar-refractivity contribution in [1.29, 1.82) is 0 Å². The van der Waals surface area contributed by atoms with Crippen molar-refractivity contribution in [2.45, 2.75) is 257 Å². The minimum atomic E-state index is -0.742. The molecule has 0 aromatic carbocycles. The zero-order valence-corrected chi connectivity index (χ0v) is 31.9. The quantitative estimate of drug-likeness (QED) is 0.0491. The summed E-state index contributed by atoms with van der Waals surface area (Å²) in [6.07, 6.45) is 42.1. The van der Waals surface area contributed by atoms with Crippen molar-refractivity contribution in [3.05, 3.63) is 0 Å². The second-order valence-electron chi connectivity index (χ2n) is 15.0. The molecule has 0 aromatic heterocycles. The zero-order chi connectivity index (χ0) is 34.5. The molecule has 0 aliphatic rings. The lowest BCUT2D eigenvalue weighted by Gasteiger charge is -2.23. The third kappa shape index (κ3) is 35.0. The maximum Gasteiger partial charge on any atom is 0.222 e. The van der Waals surface area contributed by atoms with Crippen molar-refractivity contribution in [3.63, 3.8) is 0 Å². The topological polar surface area (TPSA) is 89.8 Å². The Kier molecular flexibility index (Phi) is 37.6. The van der Waals surface area contributed by atoms with Crippen LogP contribution in [0.15, 0.2) is 0 Å². The summed E-state index contributed by atoms with van der Waals surface area (Å²) in [4.78, 5) is 12.4. The van der Waals surface area contributed by atoms with Gasteiger partial charge in [-0.05, 0) is 12.8 Å². The number of carbonyl (C=O) groups excluding carboxylic acids is 1. The van der Waals surface area contributed by atoms with Gasteiger partial charge in [-0.15, -0.1) is 0 Å². The predicted molar refractivity (Wildman–Crippen MR) is 204 cm³/mol. The summed E-state index contributed by atoms with van der Waals surface area (Å²) in [6.45, 7) is 4.27. The van der Waals surface area contributed by atoms with Crippen LogP contribution in [0.25, 0.3) is 0 Å². The van der Waals surface area contributed by atoms with E-state index < -0.39 is 18.2 Å². The van der Waals surface area contributed by atoms with Gasteiger partial charge in [0.05, 0.1) is 31.3 Å². The Balaban J connectivity index is 3.58. The summed E-state index contributed by atoms with van der Waals surface area (Å²) in [5.41, 5.74) is 0. The minimum Gasteiger partial charge on any atom is -0.394 e. The van der Waals surface area contributed by atoms with Gasteiger partial charge in [0.1, 0.15) is 0 Å². The average molecular weight is 668 g/mol. The van der Waals surface area contributed by atoms with Gasteiger partial charge in [-0.2, -0.15) is 0 Å².